The first-order valence-corrected chi connectivity index (χ1v) is 11.8. The first-order valence-electron chi connectivity index (χ1n) is 10.4. The van der Waals surface area contributed by atoms with Crippen LogP contribution in [-0.4, -0.2) is 40.1 Å². The number of aliphatic hydroxyl groups is 2. The Bertz CT molecular complexity index is 889. The Kier molecular flexibility index (Phi) is 5.09. The Morgan fingerprint density at radius 3 is 2.70 bits per heavy atom. The quantitative estimate of drug-likeness (QED) is 0.600. The van der Waals surface area contributed by atoms with Gasteiger partial charge in [-0.3, -0.25) is 9.59 Å². The van der Waals surface area contributed by atoms with Crippen LogP contribution in [0.15, 0.2) is 23.8 Å². The molecule has 0 aromatic rings. The predicted molar refractivity (Wildman–Crippen MR) is 102 cm³/mol. The van der Waals surface area contributed by atoms with Crippen LogP contribution in [-0.2, 0) is 18.7 Å². The van der Waals surface area contributed by atoms with Gasteiger partial charge in [-0.15, -0.1) is 0 Å². The lowest BCUT2D eigenvalue weighted by Gasteiger charge is -2.59. The molecule has 4 aliphatic rings. The van der Waals surface area contributed by atoms with E-state index in [4.69, 9.17) is 0 Å². The second-order valence-corrected chi connectivity index (χ2v) is 10.9. The van der Waals surface area contributed by atoms with Crippen LogP contribution in [0.25, 0.3) is 0 Å². The molecule has 0 radical (unpaired) electrons. The summed E-state index contributed by atoms with van der Waals surface area (Å²) in [5.74, 6) is -1.05. The third-order valence-corrected chi connectivity index (χ3v) is 8.91. The molecule has 7 atom stereocenters. The molecule has 0 spiro atoms. The standard InChI is InChI=1S/C21H29O8P/c1-19-7-5-13(22)9-12(19)3-4-14-15-6-8-21(25,17(24)11-29-30(26,27)28)20(15,2)10-16(23)18(14)19/h5,7,9,14-16,18,23,25H,3-4,6,8,10-11H2,1-2H3,(H2,26,27,28)/p-2/t14-,15-,16-,18+,19-,20-,21-/m0/s1. The van der Waals surface area contributed by atoms with Crippen molar-refractivity contribution in [2.75, 3.05) is 6.61 Å². The zero-order valence-electron chi connectivity index (χ0n) is 17.1. The molecule has 0 aromatic carbocycles. The zero-order chi connectivity index (χ0) is 22.1. The van der Waals surface area contributed by atoms with E-state index in [9.17, 15) is 34.2 Å². The topological polar surface area (TPSA) is 147 Å². The van der Waals surface area contributed by atoms with Gasteiger partial charge in [0.25, 0.3) is 0 Å². The summed E-state index contributed by atoms with van der Waals surface area (Å²) in [7, 11) is -5.34. The summed E-state index contributed by atoms with van der Waals surface area (Å²) >= 11 is 0. The summed E-state index contributed by atoms with van der Waals surface area (Å²) in [5, 5.41) is 22.6. The van der Waals surface area contributed by atoms with E-state index in [1.807, 2.05) is 13.0 Å². The minimum Gasteiger partial charge on any atom is -0.790 e. The Hall–Kier alpha value is -1.15. The van der Waals surface area contributed by atoms with Gasteiger partial charge >= 0.3 is 0 Å². The maximum Gasteiger partial charge on any atom is 0.190 e. The number of ketones is 2. The first kappa shape index (κ1) is 22.1. The number of carbonyl (C=O) groups is 2. The van der Waals surface area contributed by atoms with Crippen molar-refractivity contribution in [1.82, 2.24) is 0 Å². The molecule has 3 fully saturated rings. The number of phosphoric ester groups is 1. The van der Waals surface area contributed by atoms with Gasteiger partial charge in [-0.25, -0.2) is 0 Å². The number of hydrogen-bond acceptors (Lipinski definition) is 8. The SMILES string of the molecule is C[C@]12C=CC(=O)C=C1CC[C@@H]1[C@@H]2[C@@H](O)C[C@@]2(C)[C@H]1CC[C@]2(O)C(=O)COP(=O)([O-])[O-]. The Labute approximate surface area is 175 Å². The molecule has 0 aliphatic heterocycles. The van der Waals surface area contributed by atoms with Crippen LogP contribution in [0.4, 0.5) is 0 Å². The molecule has 0 unspecified atom stereocenters. The number of allylic oxidation sites excluding steroid dienone is 4. The lowest BCUT2D eigenvalue weighted by Crippen LogP contribution is -2.61. The minimum absolute atomic E-state index is 0.0339. The maximum absolute atomic E-state index is 12.8. The van der Waals surface area contributed by atoms with Crippen LogP contribution in [0.2, 0.25) is 0 Å². The molecule has 30 heavy (non-hydrogen) atoms. The lowest BCUT2D eigenvalue weighted by molar-refractivity contribution is -0.341. The molecule has 4 rings (SSSR count). The molecule has 166 valence electrons. The number of Topliss-reactive ketones (excluding diaryl/α,β-unsaturated/α-hetero) is 1. The van der Waals surface area contributed by atoms with E-state index in [1.165, 1.54) is 0 Å². The van der Waals surface area contributed by atoms with E-state index in [1.54, 1.807) is 19.1 Å². The lowest BCUT2D eigenvalue weighted by atomic mass is 9.46. The average Bonchev–Trinajstić information content (AvgIpc) is 2.91. The van der Waals surface area contributed by atoms with Gasteiger partial charge in [0.1, 0.15) is 12.2 Å². The van der Waals surface area contributed by atoms with E-state index in [0.717, 1.165) is 12.0 Å². The summed E-state index contributed by atoms with van der Waals surface area (Å²) in [6.07, 6.45) is 6.56. The van der Waals surface area contributed by atoms with Gasteiger partial charge in [0, 0.05) is 16.7 Å². The second kappa shape index (κ2) is 6.92. The van der Waals surface area contributed by atoms with Crippen LogP contribution in [0.1, 0.15) is 46.0 Å². The number of hydrogen-bond donors (Lipinski definition) is 2. The summed E-state index contributed by atoms with van der Waals surface area (Å²) in [5.41, 5.74) is -2.27. The third kappa shape index (κ3) is 3.12. The second-order valence-electron chi connectivity index (χ2n) is 9.75. The predicted octanol–water partition coefficient (Wildman–Crippen LogP) is 0.411. The van der Waals surface area contributed by atoms with Crippen LogP contribution in [0.3, 0.4) is 0 Å². The van der Waals surface area contributed by atoms with Crippen molar-refractivity contribution in [3.05, 3.63) is 23.8 Å². The number of carbonyl (C=O) groups excluding carboxylic acids is 2. The fourth-order valence-electron chi connectivity index (χ4n) is 7.05. The monoisotopic (exact) mass is 438 g/mol. The summed E-state index contributed by atoms with van der Waals surface area (Å²) in [6, 6.07) is 0. The molecule has 0 bridgehead atoms. The summed E-state index contributed by atoms with van der Waals surface area (Å²) in [6.45, 7) is 2.80. The molecule has 8 nitrogen and oxygen atoms in total. The number of fused-ring (bicyclic) bond motifs is 5. The van der Waals surface area contributed by atoms with E-state index in [-0.39, 0.29) is 36.4 Å². The highest BCUT2D eigenvalue weighted by Crippen LogP contribution is 2.67. The normalized spacial score (nSPS) is 45.4. The van der Waals surface area contributed by atoms with Crippen molar-refractivity contribution in [1.29, 1.82) is 0 Å². The summed E-state index contributed by atoms with van der Waals surface area (Å²) < 4.78 is 14.9. The van der Waals surface area contributed by atoms with Crippen molar-refractivity contribution < 1.29 is 38.7 Å². The van der Waals surface area contributed by atoms with E-state index in [2.05, 4.69) is 4.52 Å². The van der Waals surface area contributed by atoms with Crippen molar-refractivity contribution in [2.45, 2.75) is 57.7 Å². The molecule has 0 aromatic heterocycles. The summed E-state index contributed by atoms with van der Waals surface area (Å²) in [4.78, 5) is 46.2. The van der Waals surface area contributed by atoms with Crippen LogP contribution in [0.5, 0.6) is 0 Å². The highest BCUT2D eigenvalue weighted by atomic mass is 31.2. The minimum atomic E-state index is -5.34. The van der Waals surface area contributed by atoms with Crippen LogP contribution >= 0.6 is 7.82 Å². The van der Waals surface area contributed by atoms with Gasteiger partial charge in [-0.1, -0.05) is 25.5 Å². The molecule has 9 heteroatoms. The van der Waals surface area contributed by atoms with Gasteiger partial charge in [0.15, 0.2) is 11.6 Å². The molecule has 3 saturated carbocycles. The molecule has 0 saturated heterocycles. The molecule has 2 N–H and O–H groups in total. The highest BCUT2D eigenvalue weighted by Gasteiger charge is 2.68. The molecular formula is C21H27O8P-2. The van der Waals surface area contributed by atoms with Gasteiger partial charge in [-0.05, 0) is 56.1 Å². The van der Waals surface area contributed by atoms with E-state index in [0.29, 0.717) is 12.8 Å². The van der Waals surface area contributed by atoms with Gasteiger partial charge in [0.2, 0.25) is 0 Å². The Morgan fingerprint density at radius 1 is 1.33 bits per heavy atom. The van der Waals surface area contributed by atoms with E-state index < -0.39 is 42.7 Å². The highest BCUT2D eigenvalue weighted by molar-refractivity contribution is 7.43. The van der Waals surface area contributed by atoms with E-state index >= 15 is 0 Å². The van der Waals surface area contributed by atoms with Crippen molar-refractivity contribution in [3.63, 3.8) is 0 Å². The zero-order valence-corrected chi connectivity index (χ0v) is 18.0. The number of aliphatic hydroxyl groups excluding tert-OH is 1. The average molecular weight is 438 g/mol. The fourth-order valence-corrected chi connectivity index (χ4v) is 7.32. The molecule has 0 amide bonds. The van der Waals surface area contributed by atoms with Crippen molar-refractivity contribution in [2.24, 2.45) is 28.6 Å². The molecule has 0 heterocycles. The van der Waals surface area contributed by atoms with Crippen LogP contribution < -0.4 is 9.79 Å². The van der Waals surface area contributed by atoms with Crippen molar-refractivity contribution >= 4 is 19.4 Å². The number of phosphoric acid groups is 1. The first-order chi connectivity index (χ1) is 13.8. The van der Waals surface area contributed by atoms with Gasteiger partial charge in [0.05, 0.1) is 13.9 Å². The molecule has 4 aliphatic carbocycles. The van der Waals surface area contributed by atoms with Gasteiger partial charge < -0.3 is 29.1 Å². The largest absolute Gasteiger partial charge is 0.790 e. The Balaban J connectivity index is 1.65. The fraction of sp³-hybridized carbons (Fsp3) is 0.714. The van der Waals surface area contributed by atoms with Gasteiger partial charge in [-0.2, -0.15) is 0 Å². The third-order valence-electron chi connectivity index (χ3n) is 8.46. The smallest absolute Gasteiger partial charge is 0.190 e. The maximum atomic E-state index is 12.8. The van der Waals surface area contributed by atoms with Crippen molar-refractivity contribution in [3.8, 4) is 0 Å². The van der Waals surface area contributed by atoms with Crippen LogP contribution in [0, 0.1) is 28.6 Å². The Morgan fingerprint density at radius 2 is 2.03 bits per heavy atom. The number of rotatable bonds is 4. The molecular weight excluding hydrogens is 411 g/mol.